The molecule has 6 nitrogen and oxygen atoms in total. The molecule has 0 aromatic carbocycles. The van der Waals surface area contributed by atoms with Crippen LogP contribution in [0.3, 0.4) is 0 Å². The number of anilines is 1. The van der Waals surface area contributed by atoms with Gasteiger partial charge in [0.2, 0.25) is 0 Å². The van der Waals surface area contributed by atoms with Crippen molar-refractivity contribution in [1.29, 1.82) is 0 Å². The van der Waals surface area contributed by atoms with Crippen LogP contribution in [0.2, 0.25) is 0 Å². The molecule has 0 unspecified atom stereocenters. The largest absolute Gasteiger partial charge is 0.361 e. The third-order valence-electron chi connectivity index (χ3n) is 1.38. The molecule has 7 heteroatoms. The fraction of sp³-hybridized carbons (Fsp3) is 0.333. The Bertz CT molecular complexity index is 384. The Hall–Kier alpha value is -1.21. The number of nitrogens with two attached hydrogens (primary N) is 1. The molecule has 0 aliphatic carbocycles. The first kappa shape index (κ1) is 9.87. The second kappa shape index (κ2) is 3.27. The standard InChI is InChI=1S/C6H10N4O2S/c1-10(2)5-3-4-6(9-8-5)13(7,11)12/h3-4H,1-2H3,(H2,7,11,12). The minimum absolute atomic E-state index is 0.224. The quantitative estimate of drug-likeness (QED) is 0.677. The Morgan fingerprint density at radius 2 is 1.92 bits per heavy atom. The fourth-order valence-corrected chi connectivity index (χ4v) is 1.12. The SMILES string of the molecule is CN(C)c1ccc(S(N)(=O)=O)nn1. The Kier molecular flexibility index (Phi) is 2.48. The second-order valence-electron chi connectivity index (χ2n) is 2.67. The lowest BCUT2D eigenvalue weighted by Crippen LogP contribution is -2.16. The first-order valence-electron chi connectivity index (χ1n) is 3.45. The molecule has 0 fully saturated rings. The molecule has 2 N–H and O–H groups in total. The third-order valence-corrected chi connectivity index (χ3v) is 2.18. The Balaban J connectivity index is 3.08. The molecule has 13 heavy (non-hydrogen) atoms. The number of nitrogens with zero attached hydrogens (tertiary/aromatic N) is 3. The van der Waals surface area contributed by atoms with E-state index in [-0.39, 0.29) is 5.03 Å². The number of aromatic nitrogens is 2. The van der Waals surface area contributed by atoms with Gasteiger partial charge in [0.05, 0.1) is 0 Å². The Morgan fingerprint density at radius 1 is 1.31 bits per heavy atom. The monoisotopic (exact) mass is 202 g/mol. The predicted molar refractivity (Wildman–Crippen MR) is 47.7 cm³/mol. The van der Waals surface area contributed by atoms with Gasteiger partial charge in [0.15, 0.2) is 10.8 Å². The molecule has 72 valence electrons. The molecular weight excluding hydrogens is 192 g/mol. The Labute approximate surface area is 76.4 Å². The summed E-state index contributed by atoms with van der Waals surface area (Å²) in [5.41, 5.74) is 0. The number of sulfonamides is 1. The zero-order valence-corrected chi connectivity index (χ0v) is 8.11. The van der Waals surface area contributed by atoms with Crippen LogP contribution in [-0.4, -0.2) is 32.7 Å². The number of primary sulfonamides is 1. The van der Waals surface area contributed by atoms with Crippen LogP contribution in [0.15, 0.2) is 17.2 Å². The summed E-state index contributed by atoms with van der Waals surface area (Å²) in [6.07, 6.45) is 0. The van der Waals surface area contributed by atoms with Crippen molar-refractivity contribution in [2.45, 2.75) is 5.03 Å². The molecule has 0 aliphatic heterocycles. The molecular formula is C6H10N4O2S. The first-order chi connectivity index (χ1) is 5.91. The molecule has 0 saturated heterocycles. The maximum Gasteiger partial charge on any atom is 0.257 e. The zero-order valence-electron chi connectivity index (χ0n) is 7.30. The smallest absolute Gasteiger partial charge is 0.257 e. The molecule has 0 radical (unpaired) electrons. The highest BCUT2D eigenvalue weighted by Gasteiger charge is 2.09. The van der Waals surface area contributed by atoms with E-state index < -0.39 is 10.0 Å². The molecule has 0 spiro atoms. The summed E-state index contributed by atoms with van der Waals surface area (Å²) in [5.74, 6) is 0.576. The molecule has 1 aromatic rings. The van der Waals surface area contributed by atoms with Crippen molar-refractivity contribution >= 4 is 15.8 Å². The van der Waals surface area contributed by atoms with E-state index in [0.29, 0.717) is 5.82 Å². The van der Waals surface area contributed by atoms with Gasteiger partial charge in [-0.05, 0) is 12.1 Å². The minimum atomic E-state index is -3.74. The molecule has 0 bridgehead atoms. The van der Waals surface area contributed by atoms with Crippen LogP contribution in [0.4, 0.5) is 5.82 Å². The van der Waals surface area contributed by atoms with Gasteiger partial charge in [-0.2, -0.15) is 0 Å². The highest BCUT2D eigenvalue weighted by atomic mass is 32.2. The molecule has 0 aliphatic rings. The first-order valence-corrected chi connectivity index (χ1v) is 5.00. The highest BCUT2D eigenvalue weighted by molar-refractivity contribution is 7.89. The van der Waals surface area contributed by atoms with Crippen molar-refractivity contribution in [3.63, 3.8) is 0 Å². The fourth-order valence-electron chi connectivity index (χ4n) is 0.703. The summed E-state index contributed by atoms with van der Waals surface area (Å²) in [6.45, 7) is 0. The van der Waals surface area contributed by atoms with Crippen LogP contribution in [0.25, 0.3) is 0 Å². The maximum absolute atomic E-state index is 10.8. The normalized spacial score (nSPS) is 11.3. The minimum Gasteiger partial charge on any atom is -0.361 e. The lowest BCUT2D eigenvalue weighted by atomic mass is 10.5. The van der Waals surface area contributed by atoms with Crippen molar-refractivity contribution < 1.29 is 8.42 Å². The molecule has 0 amide bonds. The van der Waals surface area contributed by atoms with E-state index in [4.69, 9.17) is 5.14 Å². The van der Waals surface area contributed by atoms with Gasteiger partial charge < -0.3 is 4.90 Å². The van der Waals surface area contributed by atoms with Crippen LogP contribution < -0.4 is 10.0 Å². The van der Waals surface area contributed by atoms with Gasteiger partial charge in [0.1, 0.15) is 0 Å². The van der Waals surface area contributed by atoms with Gasteiger partial charge in [-0.25, -0.2) is 13.6 Å². The maximum atomic E-state index is 10.8. The summed E-state index contributed by atoms with van der Waals surface area (Å²) in [6, 6.07) is 2.85. The average molecular weight is 202 g/mol. The topological polar surface area (TPSA) is 89.2 Å². The molecule has 1 heterocycles. The van der Waals surface area contributed by atoms with Crippen LogP contribution in [-0.2, 0) is 10.0 Å². The van der Waals surface area contributed by atoms with Crippen LogP contribution in [0.5, 0.6) is 0 Å². The van der Waals surface area contributed by atoms with Gasteiger partial charge in [0, 0.05) is 14.1 Å². The van der Waals surface area contributed by atoms with E-state index in [1.54, 1.807) is 19.0 Å². The lowest BCUT2D eigenvalue weighted by Gasteiger charge is -2.09. The molecule has 1 aromatic heterocycles. The Morgan fingerprint density at radius 3 is 2.23 bits per heavy atom. The summed E-state index contributed by atoms with van der Waals surface area (Å²) < 4.78 is 21.6. The van der Waals surface area contributed by atoms with Gasteiger partial charge in [-0.3, -0.25) is 0 Å². The van der Waals surface area contributed by atoms with E-state index in [9.17, 15) is 8.42 Å². The average Bonchev–Trinajstić information content (AvgIpc) is 2.03. The molecule has 1 rings (SSSR count). The summed E-state index contributed by atoms with van der Waals surface area (Å²) in [5, 5.41) is 11.7. The van der Waals surface area contributed by atoms with Crippen molar-refractivity contribution in [2.24, 2.45) is 5.14 Å². The van der Waals surface area contributed by atoms with Crippen LogP contribution in [0.1, 0.15) is 0 Å². The van der Waals surface area contributed by atoms with Gasteiger partial charge in [-0.1, -0.05) is 0 Å². The van der Waals surface area contributed by atoms with E-state index in [1.165, 1.54) is 12.1 Å². The van der Waals surface area contributed by atoms with Crippen LogP contribution >= 0.6 is 0 Å². The number of rotatable bonds is 2. The van der Waals surface area contributed by atoms with E-state index >= 15 is 0 Å². The highest BCUT2D eigenvalue weighted by Crippen LogP contribution is 2.07. The zero-order chi connectivity index (χ0) is 10.1. The summed E-state index contributed by atoms with van der Waals surface area (Å²) >= 11 is 0. The van der Waals surface area contributed by atoms with Crippen molar-refractivity contribution in [2.75, 3.05) is 19.0 Å². The van der Waals surface area contributed by atoms with Gasteiger partial charge in [0.25, 0.3) is 10.0 Å². The lowest BCUT2D eigenvalue weighted by molar-refractivity contribution is 0.592. The van der Waals surface area contributed by atoms with E-state index in [1.807, 2.05) is 0 Å². The summed E-state index contributed by atoms with van der Waals surface area (Å²) in [4.78, 5) is 1.71. The van der Waals surface area contributed by atoms with E-state index in [2.05, 4.69) is 10.2 Å². The predicted octanol–water partition coefficient (Wildman–Crippen LogP) is -0.810. The third kappa shape index (κ3) is 2.36. The van der Waals surface area contributed by atoms with Crippen molar-refractivity contribution in [3.8, 4) is 0 Å². The molecule has 0 atom stereocenters. The van der Waals surface area contributed by atoms with Gasteiger partial charge in [-0.15, -0.1) is 10.2 Å². The number of hydrogen-bond acceptors (Lipinski definition) is 5. The number of hydrogen-bond donors (Lipinski definition) is 1. The van der Waals surface area contributed by atoms with E-state index in [0.717, 1.165) is 0 Å². The van der Waals surface area contributed by atoms with Crippen molar-refractivity contribution in [3.05, 3.63) is 12.1 Å². The molecule has 0 saturated carbocycles. The summed E-state index contributed by atoms with van der Waals surface area (Å²) in [7, 11) is -0.181. The second-order valence-corrected chi connectivity index (χ2v) is 4.18. The van der Waals surface area contributed by atoms with Gasteiger partial charge >= 0.3 is 0 Å². The van der Waals surface area contributed by atoms with Crippen LogP contribution in [0, 0.1) is 0 Å². The van der Waals surface area contributed by atoms with Crippen molar-refractivity contribution in [1.82, 2.24) is 10.2 Å².